The Morgan fingerprint density at radius 1 is 1.15 bits per heavy atom. The van der Waals surface area contributed by atoms with E-state index in [9.17, 15) is 5.11 Å². The van der Waals surface area contributed by atoms with E-state index < -0.39 is 5.60 Å². The fourth-order valence-corrected chi connectivity index (χ4v) is 4.50. The minimum absolute atomic E-state index is 0.604. The Kier molecular flexibility index (Phi) is 8.16. The van der Waals surface area contributed by atoms with Crippen LogP contribution in [0.4, 0.5) is 5.69 Å². The van der Waals surface area contributed by atoms with Crippen LogP contribution in [-0.4, -0.2) is 5.11 Å². The van der Waals surface area contributed by atoms with E-state index >= 15 is 0 Å². The van der Waals surface area contributed by atoms with E-state index in [0.29, 0.717) is 12.8 Å². The van der Waals surface area contributed by atoms with Crippen molar-refractivity contribution in [2.24, 2.45) is 0 Å². The molecule has 0 bridgehead atoms. The summed E-state index contributed by atoms with van der Waals surface area (Å²) >= 11 is 4.74. The molecule has 0 aliphatic rings. The highest BCUT2D eigenvalue weighted by molar-refractivity contribution is 14.1. The average molecular weight is 573 g/mol. The maximum atomic E-state index is 11.7. The van der Waals surface area contributed by atoms with E-state index in [1.165, 1.54) is 11.1 Å². The highest BCUT2D eigenvalue weighted by atomic mass is 127. The molecule has 0 spiro atoms. The van der Waals surface area contributed by atoms with Crippen LogP contribution in [0.25, 0.3) is 5.57 Å². The lowest BCUT2D eigenvalue weighted by Gasteiger charge is -2.30. The van der Waals surface area contributed by atoms with Crippen LogP contribution < -0.4 is 5.73 Å². The number of hydrogen-bond donors (Lipinski definition) is 2. The van der Waals surface area contributed by atoms with Crippen LogP contribution >= 0.6 is 45.2 Å². The molecule has 1 unspecified atom stereocenters. The molecule has 0 aromatic heterocycles. The molecule has 2 aromatic rings. The van der Waals surface area contributed by atoms with Gasteiger partial charge in [0.15, 0.2) is 0 Å². The van der Waals surface area contributed by atoms with Gasteiger partial charge in [0.2, 0.25) is 0 Å². The summed E-state index contributed by atoms with van der Waals surface area (Å²) in [6, 6.07) is 14.1. The largest absolute Gasteiger partial charge is 0.399 e. The van der Waals surface area contributed by atoms with Crippen molar-refractivity contribution in [1.82, 2.24) is 0 Å². The summed E-state index contributed by atoms with van der Waals surface area (Å²) in [7, 11) is 0. The lowest BCUT2D eigenvalue weighted by atomic mass is 9.82. The molecule has 0 aliphatic carbocycles. The first-order chi connectivity index (χ1) is 12.5. The minimum atomic E-state index is -1.02. The summed E-state index contributed by atoms with van der Waals surface area (Å²) in [6.07, 6.45) is 5.16. The van der Waals surface area contributed by atoms with Crippen LogP contribution in [-0.2, 0) is 14.5 Å². The van der Waals surface area contributed by atoms with Crippen LogP contribution in [0.5, 0.6) is 0 Å². The third kappa shape index (κ3) is 4.89. The van der Waals surface area contributed by atoms with Crippen molar-refractivity contribution in [3.05, 3.63) is 83.4 Å². The van der Waals surface area contributed by atoms with E-state index in [2.05, 4.69) is 70.0 Å². The zero-order valence-corrected chi connectivity index (χ0v) is 19.3. The molecule has 0 aliphatic heterocycles. The minimum Gasteiger partial charge on any atom is -0.399 e. The van der Waals surface area contributed by atoms with Crippen molar-refractivity contribution < 1.29 is 5.11 Å². The van der Waals surface area contributed by atoms with Gasteiger partial charge < -0.3 is 10.8 Å². The number of allylic oxidation sites excluding steroid dienone is 2. The van der Waals surface area contributed by atoms with Crippen molar-refractivity contribution in [3.8, 4) is 0 Å². The second kappa shape index (κ2) is 9.90. The fourth-order valence-electron chi connectivity index (χ4n) is 3.23. The Hall–Kier alpha value is -0.860. The van der Waals surface area contributed by atoms with Crippen molar-refractivity contribution in [1.29, 1.82) is 0 Å². The first-order valence-electron chi connectivity index (χ1n) is 8.63. The molecular weight excluding hydrogens is 548 g/mol. The maximum absolute atomic E-state index is 11.7. The van der Waals surface area contributed by atoms with Gasteiger partial charge in [-0.3, -0.25) is 0 Å². The second-order valence-electron chi connectivity index (χ2n) is 6.28. The monoisotopic (exact) mass is 573 g/mol. The first kappa shape index (κ1) is 21.4. The number of halogens is 2. The molecule has 26 heavy (non-hydrogen) atoms. The second-order valence-corrected chi connectivity index (χ2v) is 7.81. The molecule has 0 saturated heterocycles. The van der Waals surface area contributed by atoms with E-state index in [4.69, 9.17) is 5.73 Å². The molecule has 2 rings (SSSR count). The van der Waals surface area contributed by atoms with Crippen molar-refractivity contribution in [2.45, 2.75) is 34.2 Å². The normalized spacial score (nSPS) is 14.1. The molecule has 138 valence electrons. The number of rotatable bonds is 8. The van der Waals surface area contributed by atoms with Gasteiger partial charge in [-0.15, -0.1) is 6.58 Å². The zero-order chi connectivity index (χ0) is 19.2. The van der Waals surface area contributed by atoms with E-state index in [1.807, 2.05) is 43.3 Å². The van der Waals surface area contributed by atoms with Crippen LogP contribution in [0.15, 0.2) is 61.2 Å². The van der Waals surface area contributed by atoms with E-state index in [-0.39, 0.29) is 0 Å². The highest BCUT2D eigenvalue weighted by Crippen LogP contribution is 2.37. The maximum Gasteiger partial charge on any atom is 0.109 e. The molecule has 3 N–H and O–H groups in total. The van der Waals surface area contributed by atoms with Gasteiger partial charge in [0.25, 0.3) is 0 Å². The number of nitrogens with two attached hydrogens (primary N) is 1. The number of alkyl halides is 2. The summed E-state index contributed by atoms with van der Waals surface area (Å²) in [5, 5.41) is 11.7. The molecule has 1 atom stereocenters. The van der Waals surface area contributed by atoms with Crippen molar-refractivity contribution >= 4 is 56.4 Å². The molecule has 2 nitrogen and oxygen atoms in total. The van der Waals surface area contributed by atoms with Gasteiger partial charge in [0, 0.05) is 14.5 Å². The van der Waals surface area contributed by atoms with Gasteiger partial charge in [0.05, 0.1) is 0 Å². The molecule has 0 saturated carbocycles. The summed E-state index contributed by atoms with van der Waals surface area (Å²) in [4.78, 5) is 0. The fraction of sp³-hybridized carbons (Fsp3) is 0.273. The summed E-state index contributed by atoms with van der Waals surface area (Å²) in [5.74, 6) is 0. The first-order valence-corrected chi connectivity index (χ1v) is 11.7. The average Bonchev–Trinajstić information content (AvgIpc) is 2.66. The van der Waals surface area contributed by atoms with Gasteiger partial charge in [0.1, 0.15) is 5.60 Å². The van der Waals surface area contributed by atoms with Gasteiger partial charge in [-0.2, -0.15) is 0 Å². The molecule has 0 heterocycles. The Morgan fingerprint density at radius 3 is 2.27 bits per heavy atom. The quantitative estimate of drug-likeness (QED) is 0.166. The highest BCUT2D eigenvalue weighted by Gasteiger charge is 2.30. The van der Waals surface area contributed by atoms with Gasteiger partial charge in [-0.05, 0) is 58.9 Å². The molecule has 4 heteroatoms. The van der Waals surface area contributed by atoms with Crippen LogP contribution in [0.3, 0.4) is 0 Å². The topological polar surface area (TPSA) is 46.2 Å². The third-order valence-corrected chi connectivity index (χ3v) is 6.18. The van der Waals surface area contributed by atoms with E-state index in [0.717, 1.165) is 31.2 Å². The SMILES string of the molecule is C=CC/C(=C\C(O)(CC)c1c(CI)cccc1CI)c1cccc(N)c1. The lowest BCUT2D eigenvalue weighted by Crippen LogP contribution is -2.26. The molecule has 2 aromatic carbocycles. The zero-order valence-electron chi connectivity index (χ0n) is 15.0. The summed E-state index contributed by atoms with van der Waals surface area (Å²) in [5.41, 5.74) is 11.2. The smallest absolute Gasteiger partial charge is 0.109 e. The standard InChI is InChI=1S/C22H25I2NO/c1-3-7-17(16-8-6-11-20(25)12-16)13-22(26,4-2)21-18(14-23)9-5-10-19(21)15-24/h3,5-6,8-13,26H,1,4,7,14-15,25H2,2H3/b17-13+. The Morgan fingerprint density at radius 2 is 1.77 bits per heavy atom. The third-order valence-electron chi connectivity index (χ3n) is 4.53. The Bertz CT molecular complexity index is 778. The molecule has 0 amide bonds. The molecule has 0 fully saturated rings. The molecule has 0 radical (unpaired) electrons. The molecular formula is C22H25I2NO. The summed E-state index contributed by atoms with van der Waals surface area (Å²) in [6.45, 7) is 5.92. The van der Waals surface area contributed by atoms with Gasteiger partial charge >= 0.3 is 0 Å². The van der Waals surface area contributed by atoms with Crippen LogP contribution in [0.1, 0.15) is 42.0 Å². The van der Waals surface area contributed by atoms with Crippen LogP contribution in [0, 0.1) is 0 Å². The number of aliphatic hydroxyl groups is 1. The summed E-state index contributed by atoms with van der Waals surface area (Å²) < 4.78 is 1.73. The number of nitrogen functional groups attached to an aromatic ring is 1. The number of benzene rings is 2. The predicted molar refractivity (Wildman–Crippen MR) is 130 cm³/mol. The predicted octanol–water partition coefficient (Wildman–Crippen LogP) is 6.40. The van der Waals surface area contributed by atoms with Crippen LogP contribution in [0.2, 0.25) is 0 Å². The van der Waals surface area contributed by atoms with E-state index in [1.54, 1.807) is 0 Å². The van der Waals surface area contributed by atoms with Crippen molar-refractivity contribution in [2.75, 3.05) is 5.73 Å². The lowest BCUT2D eigenvalue weighted by molar-refractivity contribution is 0.0842. The van der Waals surface area contributed by atoms with Gasteiger partial charge in [-0.25, -0.2) is 0 Å². The van der Waals surface area contributed by atoms with Gasteiger partial charge in [-0.1, -0.05) is 88.5 Å². The Balaban J connectivity index is 2.67. The Labute approximate surface area is 183 Å². The number of hydrogen-bond acceptors (Lipinski definition) is 2. The van der Waals surface area contributed by atoms with Crippen molar-refractivity contribution in [3.63, 3.8) is 0 Å². The number of anilines is 1.